The summed E-state index contributed by atoms with van der Waals surface area (Å²) in [6.45, 7) is 5.78. The quantitative estimate of drug-likeness (QED) is 0.612. The van der Waals surface area contributed by atoms with E-state index in [1.165, 1.54) is 0 Å². The average molecular weight is 264 g/mol. The fraction of sp³-hybridized carbons (Fsp3) is 0.357. The fourth-order valence-corrected chi connectivity index (χ4v) is 2.11. The van der Waals surface area contributed by atoms with E-state index in [1.807, 2.05) is 24.3 Å². The minimum atomic E-state index is 0.330. The van der Waals surface area contributed by atoms with Gasteiger partial charge in [-0.2, -0.15) is 5.26 Å². The standard InChI is InChI=1S/C14H18ClN3/c1-3-18(4-2)14(10-15)12(11-16)13-8-6-5-7-9-17-13/h5-9,17H,3-4,10H2,1-2H3/b14-12+. The van der Waals surface area contributed by atoms with Crippen molar-refractivity contribution in [3.63, 3.8) is 0 Å². The van der Waals surface area contributed by atoms with Gasteiger partial charge in [0.15, 0.2) is 0 Å². The maximum absolute atomic E-state index is 9.39. The molecule has 0 bridgehead atoms. The third-order valence-corrected chi connectivity index (χ3v) is 3.01. The van der Waals surface area contributed by atoms with Gasteiger partial charge in [-0.1, -0.05) is 12.2 Å². The van der Waals surface area contributed by atoms with E-state index in [0.29, 0.717) is 11.5 Å². The molecule has 1 N–H and O–H groups in total. The Balaban J connectivity index is 3.19. The molecule has 0 saturated carbocycles. The molecule has 0 fully saturated rings. The lowest BCUT2D eigenvalue weighted by atomic mass is 10.1. The Labute approximate surface area is 114 Å². The van der Waals surface area contributed by atoms with E-state index in [4.69, 9.17) is 11.6 Å². The van der Waals surface area contributed by atoms with Crippen LogP contribution in [0.4, 0.5) is 0 Å². The van der Waals surface area contributed by atoms with Crippen LogP contribution in [0.1, 0.15) is 13.8 Å². The molecule has 0 atom stereocenters. The molecule has 0 spiro atoms. The molecular formula is C14H18ClN3. The Kier molecular flexibility index (Phi) is 6.10. The number of rotatable bonds is 5. The summed E-state index contributed by atoms with van der Waals surface area (Å²) in [6, 6.07) is 2.25. The number of nitrogens with one attached hydrogen (secondary N) is 1. The highest BCUT2D eigenvalue weighted by atomic mass is 35.5. The Bertz CT molecular complexity index is 434. The second-order valence-corrected chi connectivity index (χ2v) is 3.98. The summed E-state index contributed by atoms with van der Waals surface area (Å²) in [5.74, 6) is 0.330. The maximum Gasteiger partial charge on any atom is 0.103 e. The molecule has 0 aromatic heterocycles. The lowest BCUT2D eigenvalue weighted by molar-refractivity contribution is 0.382. The normalized spacial score (nSPS) is 15.1. The molecule has 0 aromatic rings. The largest absolute Gasteiger partial charge is 0.373 e. The smallest absolute Gasteiger partial charge is 0.103 e. The number of hydrogen-bond acceptors (Lipinski definition) is 3. The first-order valence-electron chi connectivity index (χ1n) is 6.03. The van der Waals surface area contributed by atoms with Crippen molar-refractivity contribution in [3.8, 4) is 6.07 Å². The molecular weight excluding hydrogens is 246 g/mol. The van der Waals surface area contributed by atoms with Crippen LogP contribution in [0.15, 0.2) is 47.5 Å². The van der Waals surface area contributed by atoms with Gasteiger partial charge in [0.25, 0.3) is 0 Å². The number of nitriles is 1. The van der Waals surface area contributed by atoms with E-state index in [1.54, 1.807) is 6.20 Å². The average Bonchev–Trinajstić information content (AvgIpc) is 2.68. The van der Waals surface area contributed by atoms with Crippen molar-refractivity contribution >= 4 is 11.6 Å². The molecule has 3 nitrogen and oxygen atoms in total. The molecule has 4 heteroatoms. The molecule has 0 radical (unpaired) electrons. The highest BCUT2D eigenvalue weighted by Gasteiger charge is 2.15. The Morgan fingerprint density at radius 1 is 1.33 bits per heavy atom. The lowest BCUT2D eigenvalue weighted by Gasteiger charge is -2.25. The number of hydrogen-bond donors (Lipinski definition) is 1. The van der Waals surface area contributed by atoms with E-state index in [2.05, 4.69) is 30.1 Å². The molecule has 0 unspecified atom stereocenters. The van der Waals surface area contributed by atoms with Crippen LogP contribution in [-0.4, -0.2) is 23.9 Å². The summed E-state index contributed by atoms with van der Waals surface area (Å²) >= 11 is 6.01. The molecule has 0 amide bonds. The molecule has 0 aromatic carbocycles. The third-order valence-electron chi connectivity index (χ3n) is 2.76. The minimum Gasteiger partial charge on any atom is -0.373 e. The third kappa shape index (κ3) is 3.41. The van der Waals surface area contributed by atoms with Crippen molar-refractivity contribution in [1.82, 2.24) is 10.2 Å². The summed E-state index contributed by atoms with van der Waals surface area (Å²) in [7, 11) is 0. The zero-order chi connectivity index (χ0) is 13.4. The van der Waals surface area contributed by atoms with E-state index >= 15 is 0 Å². The fourth-order valence-electron chi connectivity index (χ4n) is 1.81. The van der Waals surface area contributed by atoms with Crippen LogP contribution < -0.4 is 5.32 Å². The van der Waals surface area contributed by atoms with Gasteiger partial charge in [-0.15, -0.1) is 11.6 Å². The molecule has 1 heterocycles. The zero-order valence-corrected chi connectivity index (χ0v) is 11.5. The first-order chi connectivity index (χ1) is 8.78. The molecule has 1 rings (SSSR count). The van der Waals surface area contributed by atoms with Crippen molar-refractivity contribution < 1.29 is 0 Å². The first-order valence-corrected chi connectivity index (χ1v) is 6.56. The van der Waals surface area contributed by atoms with Crippen LogP contribution in [0.5, 0.6) is 0 Å². The Morgan fingerprint density at radius 3 is 2.61 bits per heavy atom. The van der Waals surface area contributed by atoms with E-state index < -0.39 is 0 Å². The predicted octanol–water partition coefficient (Wildman–Crippen LogP) is 2.90. The summed E-state index contributed by atoms with van der Waals surface area (Å²) < 4.78 is 0. The van der Waals surface area contributed by atoms with Crippen LogP contribution in [-0.2, 0) is 0 Å². The molecule has 1 aliphatic rings. The monoisotopic (exact) mass is 263 g/mol. The highest BCUT2D eigenvalue weighted by molar-refractivity contribution is 6.19. The number of allylic oxidation sites excluding steroid dienone is 6. The van der Waals surface area contributed by atoms with Crippen LogP contribution in [0, 0.1) is 11.3 Å². The number of halogens is 1. The molecule has 0 aliphatic carbocycles. The SMILES string of the molecule is CCN(CC)/C(CCl)=C(\C#N)C1=CC=CC=CN1. The summed E-state index contributed by atoms with van der Waals surface area (Å²) in [4.78, 5) is 2.10. The van der Waals surface area contributed by atoms with Crippen molar-refractivity contribution in [3.05, 3.63) is 47.5 Å². The minimum absolute atomic E-state index is 0.330. The van der Waals surface area contributed by atoms with Gasteiger partial charge in [0.2, 0.25) is 0 Å². The zero-order valence-electron chi connectivity index (χ0n) is 10.8. The van der Waals surface area contributed by atoms with Gasteiger partial charge in [0.05, 0.1) is 17.2 Å². The summed E-state index contributed by atoms with van der Waals surface area (Å²) in [6.07, 6.45) is 9.38. The van der Waals surface area contributed by atoms with Gasteiger partial charge in [-0.05, 0) is 26.0 Å². The lowest BCUT2D eigenvalue weighted by Crippen LogP contribution is -2.26. The van der Waals surface area contributed by atoms with Gasteiger partial charge in [-0.3, -0.25) is 0 Å². The summed E-state index contributed by atoms with van der Waals surface area (Å²) in [5, 5.41) is 12.5. The van der Waals surface area contributed by atoms with E-state index in [9.17, 15) is 5.26 Å². The van der Waals surface area contributed by atoms with Gasteiger partial charge < -0.3 is 10.2 Å². The van der Waals surface area contributed by atoms with Crippen LogP contribution in [0.3, 0.4) is 0 Å². The molecule has 1 aliphatic heterocycles. The van der Waals surface area contributed by atoms with Gasteiger partial charge in [0.1, 0.15) is 6.07 Å². The van der Waals surface area contributed by atoms with Crippen molar-refractivity contribution in [2.45, 2.75) is 13.8 Å². The number of alkyl halides is 1. The van der Waals surface area contributed by atoms with E-state index in [0.717, 1.165) is 24.5 Å². The second-order valence-electron chi connectivity index (χ2n) is 3.71. The van der Waals surface area contributed by atoms with Crippen LogP contribution in [0.2, 0.25) is 0 Å². The predicted molar refractivity (Wildman–Crippen MR) is 75.8 cm³/mol. The van der Waals surface area contributed by atoms with Crippen LogP contribution in [0.25, 0.3) is 0 Å². The van der Waals surface area contributed by atoms with Crippen molar-refractivity contribution in [2.75, 3.05) is 19.0 Å². The molecule has 0 saturated heterocycles. The van der Waals surface area contributed by atoms with E-state index in [-0.39, 0.29) is 0 Å². The maximum atomic E-state index is 9.39. The first kappa shape index (κ1) is 14.4. The van der Waals surface area contributed by atoms with Crippen LogP contribution >= 0.6 is 11.6 Å². The molecule has 96 valence electrons. The van der Waals surface area contributed by atoms with Crippen molar-refractivity contribution in [1.29, 1.82) is 5.26 Å². The molecule has 18 heavy (non-hydrogen) atoms. The Hall–Kier alpha value is -1.66. The van der Waals surface area contributed by atoms with Crippen molar-refractivity contribution in [2.24, 2.45) is 0 Å². The topological polar surface area (TPSA) is 39.1 Å². The van der Waals surface area contributed by atoms with Gasteiger partial charge in [-0.25, -0.2) is 0 Å². The Morgan fingerprint density at radius 2 is 2.06 bits per heavy atom. The number of nitrogens with zero attached hydrogens (tertiary/aromatic N) is 2. The van der Waals surface area contributed by atoms with Gasteiger partial charge >= 0.3 is 0 Å². The highest BCUT2D eigenvalue weighted by Crippen LogP contribution is 2.18. The van der Waals surface area contributed by atoms with Gasteiger partial charge in [0, 0.05) is 25.0 Å². The second kappa shape index (κ2) is 7.62. The summed E-state index contributed by atoms with van der Waals surface area (Å²) in [5.41, 5.74) is 2.25.